The van der Waals surface area contributed by atoms with Gasteiger partial charge in [0.2, 0.25) is 5.91 Å². The van der Waals surface area contributed by atoms with Crippen LogP contribution in [0.3, 0.4) is 0 Å². The van der Waals surface area contributed by atoms with Gasteiger partial charge < -0.3 is 14.7 Å². The molecular weight excluding hydrogens is 306 g/mol. The number of hydrogen-bond donors (Lipinski definition) is 1. The molecule has 3 aliphatic heterocycles. The Kier molecular flexibility index (Phi) is 4.38. The fourth-order valence-electron chi connectivity index (χ4n) is 3.97. The Morgan fingerprint density at radius 2 is 2.17 bits per heavy atom. The lowest BCUT2D eigenvalue weighted by Crippen LogP contribution is -2.39. The first kappa shape index (κ1) is 17.0. The van der Waals surface area contributed by atoms with Crippen molar-refractivity contribution in [1.29, 1.82) is 0 Å². The molecule has 3 rings (SSSR count). The maximum atomic E-state index is 12.7. The van der Waals surface area contributed by atoms with Gasteiger partial charge in [-0.1, -0.05) is 35.5 Å². The van der Waals surface area contributed by atoms with Crippen LogP contribution in [0.4, 0.5) is 0 Å². The first-order chi connectivity index (χ1) is 11.3. The molecule has 0 aliphatic carbocycles. The number of amides is 1. The van der Waals surface area contributed by atoms with Gasteiger partial charge in [0.15, 0.2) is 0 Å². The van der Waals surface area contributed by atoms with Gasteiger partial charge in [-0.3, -0.25) is 9.59 Å². The fourth-order valence-corrected chi connectivity index (χ4v) is 3.97. The van der Waals surface area contributed by atoms with Crippen LogP contribution in [-0.2, 0) is 14.3 Å². The maximum absolute atomic E-state index is 12.7. The molecule has 0 aromatic heterocycles. The van der Waals surface area contributed by atoms with E-state index in [1.54, 1.807) is 11.0 Å². The first-order valence-electron chi connectivity index (χ1n) is 8.52. The minimum absolute atomic E-state index is 0.0948. The van der Waals surface area contributed by atoms with Gasteiger partial charge in [0.05, 0.1) is 18.6 Å². The zero-order valence-electron chi connectivity index (χ0n) is 14.5. The normalized spacial score (nSPS) is 34.0. The largest absolute Gasteiger partial charge is 0.481 e. The van der Waals surface area contributed by atoms with Crippen LogP contribution in [0.25, 0.3) is 0 Å². The van der Waals surface area contributed by atoms with Gasteiger partial charge in [0.25, 0.3) is 0 Å². The molecule has 130 valence electrons. The summed E-state index contributed by atoms with van der Waals surface area (Å²) in [5.41, 5.74) is 1.82. The number of likely N-dealkylation sites (tertiary alicyclic amines) is 1. The quantitative estimate of drug-likeness (QED) is 0.760. The van der Waals surface area contributed by atoms with Crippen LogP contribution in [0.2, 0.25) is 0 Å². The highest BCUT2D eigenvalue weighted by molar-refractivity contribution is 5.90. The average Bonchev–Trinajstić information content (AvgIpc) is 3.13. The number of carboxylic acid groups (broad SMARTS) is 1. The number of ether oxygens (including phenoxy) is 1. The molecule has 0 unspecified atom stereocenters. The third-order valence-electron chi connectivity index (χ3n) is 5.22. The molecule has 1 spiro atoms. The van der Waals surface area contributed by atoms with Crippen molar-refractivity contribution in [2.24, 2.45) is 11.8 Å². The third kappa shape index (κ3) is 2.81. The van der Waals surface area contributed by atoms with E-state index in [-0.39, 0.29) is 5.91 Å². The molecule has 2 fully saturated rings. The number of nitrogens with zero attached hydrogens (tertiary/aromatic N) is 1. The average molecular weight is 331 g/mol. The van der Waals surface area contributed by atoms with E-state index < -0.39 is 29.5 Å². The van der Waals surface area contributed by atoms with E-state index >= 15 is 0 Å². The number of hydrogen-bond acceptors (Lipinski definition) is 3. The molecule has 24 heavy (non-hydrogen) atoms. The summed E-state index contributed by atoms with van der Waals surface area (Å²) in [6.45, 7) is 7.21. The molecular formula is C19H25NO4. The minimum Gasteiger partial charge on any atom is -0.481 e. The summed E-state index contributed by atoms with van der Waals surface area (Å²) >= 11 is 0. The Labute approximate surface area is 142 Å². The molecule has 0 aromatic carbocycles. The van der Waals surface area contributed by atoms with Crippen molar-refractivity contribution < 1.29 is 19.4 Å². The second-order valence-corrected chi connectivity index (χ2v) is 7.33. The summed E-state index contributed by atoms with van der Waals surface area (Å²) in [6, 6.07) is 0. The lowest BCUT2D eigenvalue weighted by molar-refractivity contribution is -0.147. The smallest absolute Gasteiger partial charge is 0.310 e. The van der Waals surface area contributed by atoms with Crippen LogP contribution >= 0.6 is 0 Å². The highest BCUT2D eigenvalue weighted by Gasteiger charge is 2.66. The van der Waals surface area contributed by atoms with Crippen molar-refractivity contribution in [3.63, 3.8) is 0 Å². The van der Waals surface area contributed by atoms with Crippen LogP contribution in [0, 0.1) is 11.8 Å². The van der Waals surface area contributed by atoms with Crippen molar-refractivity contribution in [2.75, 3.05) is 13.1 Å². The van der Waals surface area contributed by atoms with Gasteiger partial charge in [-0.2, -0.15) is 0 Å². The van der Waals surface area contributed by atoms with Crippen molar-refractivity contribution in [2.45, 2.75) is 45.3 Å². The van der Waals surface area contributed by atoms with Crippen LogP contribution in [0.15, 0.2) is 35.5 Å². The summed E-state index contributed by atoms with van der Waals surface area (Å²) in [5.74, 6) is -2.37. The molecule has 0 aromatic rings. The van der Waals surface area contributed by atoms with E-state index in [0.717, 1.165) is 12.8 Å². The maximum Gasteiger partial charge on any atom is 0.310 e. The molecule has 4 atom stereocenters. The minimum atomic E-state index is -0.945. The molecule has 5 heteroatoms. The second kappa shape index (κ2) is 6.20. The Morgan fingerprint density at radius 3 is 2.83 bits per heavy atom. The van der Waals surface area contributed by atoms with Gasteiger partial charge in [-0.25, -0.2) is 0 Å². The number of carbonyl (C=O) groups excluding carboxylic acids is 1. The number of allylic oxidation sites excluding steroid dienone is 3. The Hall–Kier alpha value is -1.88. The number of carbonyl (C=O) groups is 2. The summed E-state index contributed by atoms with van der Waals surface area (Å²) in [6.07, 6.45) is 9.48. The number of fused-ring (bicyclic) bond motifs is 1. The van der Waals surface area contributed by atoms with E-state index in [1.165, 1.54) is 11.1 Å². The lowest BCUT2D eigenvalue weighted by atomic mass is 9.77. The van der Waals surface area contributed by atoms with Crippen LogP contribution in [-0.4, -0.2) is 46.7 Å². The SMILES string of the molecule is CC(C)=CCC/C(C)=C\CN1C[C@]23C=C[C@H](O2)[C@@H](C(=O)O)[C@@H]3C1=O. The zero-order chi connectivity index (χ0) is 17.5. The number of carboxylic acids is 1. The topological polar surface area (TPSA) is 66.8 Å². The van der Waals surface area contributed by atoms with Crippen LogP contribution in [0.5, 0.6) is 0 Å². The fraction of sp³-hybridized carbons (Fsp3) is 0.579. The van der Waals surface area contributed by atoms with Crippen molar-refractivity contribution in [3.8, 4) is 0 Å². The van der Waals surface area contributed by atoms with Gasteiger partial charge >= 0.3 is 5.97 Å². The molecule has 1 amide bonds. The molecule has 2 bridgehead atoms. The van der Waals surface area contributed by atoms with Gasteiger partial charge in [-0.15, -0.1) is 0 Å². The Bertz CT molecular complexity index is 644. The Balaban J connectivity index is 1.66. The van der Waals surface area contributed by atoms with E-state index in [2.05, 4.69) is 32.9 Å². The zero-order valence-corrected chi connectivity index (χ0v) is 14.5. The Morgan fingerprint density at radius 1 is 1.42 bits per heavy atom. The van der Waals surface area contributed by atoms with Crippen molar-refractivity contribution in [1.82, 2.24) is 4.90 Å². The standard InChI is InChI=1S/C19H25NO4/c1-12(2)5-4-6-13(3)8-10-20-11-19-9-7-14(24-19)15(18(22)23)16(19)17(20)21/h5,7-9,14-16H,4,6,10-11H2,1-3H3,(H,22,23)/b13-8-/t14-,15+,16+,19-/m0/s1. The lowest BCUT2D eigenvalue weighted by Gasteiger charge is -2.21. The van der Waals surface area contributed by atoms with Gasteiger partial charge in [0.1, 0.15) is 11.5 Å². The van der Waals surface area contributed by atoms with Crippen molar-refractivity contribution in [3.05, 3.63) is 35.5 Å². The summed E-state index contributed by atoms with van der Waals surface area (Å²) < 4.78 is 5.87. The predicted molar refractivity (Wildman–Crippen MR) is 90.4 cm³/mol. The summed E-state index contributed by atoms with van der Waals surface area (Å²) in [5, 5.41) is 9.44. The predicted octanol–water partition coefficient (Wildman–Crippen LogP) is 2.55. The third-order valence-corrected chi connectivity index (χ3v) is 5.22. The monoisotopic (exact) mass is 331 g/mol. The molecule has 3 heterocycles. The van der Waals surface area contributed by atoms with E-state index in [0.29, 0.717) is 13.1 Å². The number of rotatable bonds is 6. The molecule has 0 saturated carbocycles. The molecule has 5 nitrogen and oxygen atoms in total. The summed E-state index contributed by atoms with van der Waals surface area (Å²) in [7, 11) is 0. The van der Waals surface area contributed by atoms with Gasteiger partial charge in [-0.05, 0) is 33.6 Å². The molecule has 2 saturated heterocycles. The number of aliphatic carboxylic acids is 1. The first-order valence-corrected chi connectivity index (χ1v) is 8.52. The molecule has 0 radical (unpaired) electrons. The molecule has 1 N–H and O–H groups in total. The van der Waals surface area contributed by atoms with Crippen LogP contribution < -0.4 is 0 Å². The van der Waals surface area contributed by atoms with Crippen LogP contribution in [0.1, 0.15) is 33.6 Å². The van der Waals surface area contributed by atoms with E-state index in [4.69, 9.17) is 4.74 Å². The highest BCUT2D eigenvalue weighted by Crippen LogP contribution is 2.51. The summed E-state index contributed by atoms with van der Waals surface area (Å²) in [4.78, 5) is 26.0. The van der Waals surface area contributed by atoms with E-state index in [9.17, 15) is 14.7 Å². The van der Waals surface area contributed by atoms with Gasteiger partial charge in [0, 0.05) is 6.54 Å². The highest BCUT2D eigenvalue weighted by atomic mass is 16.5. The second-order valence-electron chi connectivity index (χ2n) is 7.33. The van der Waals surface area contributed by atoms with Crippen molar-refractivity contribution >= 4 is 11.9 Å². The molecule has 3 aliphatic rings. The van der Waals surface area contributed by atoms with E-state index in [1.807, 2.05) is 6.08 Å².